The van der Waals surface area contributed by atoms with Gasteiger partial charge in [0.1, 0.15) is 13.2 Å². The lowest BCUT2D eigenvalue weighted by Crippen LogP contribution is -2.15. The quantitative estimate of drug-likeness (QED) is 0.0607. The average molecular weight is 684 g/mol. The van der Waals surface area contributed by atoms with Crippen LogP contribution in [0.4, 0.5) is 5.69 Å². The number of carbonyl (C=O) groups is 2. The highest BCUT2D eigenvalue weighted by Crippen LogP contribution is 2.12. The zero-order chi connectivity index (χ0) is 34.6. The van der Waals surface area contributed by atoms with Gasteiger partial charge in [-0.1, -0.05) is 71.6 Å². The highest BCUT2D eigenvalue weighted by atomic mass is 16.6. The molecule has 0 bridgehead atoms. The Morgan fingerprint density at radius 2 is 0.875 bits per heavy atom. The molecule has 1 aromatic rings. The maximum Gasteiger partial charge on any atom is 0.338 e. The van der Waals surface area contributed by atoms with E-state index in [1.807, 2.05) is 12.1 Å². The molecule has 1 aromatic carbocycles. The second-order valence-electron chi connectivity index (χ2n) is 11.5. The van der Waals surface area contributed by atoms with Crippen molar-refractivity contribution in [2.75, 3.05) is 104 Å². The largest absolute Gasteiger partial charge is 0.463 e. The topological polar surface area (TPSA) is 120 Å². The van der Waals surface area contributed by atoms with Crippen molar-refractivity contribution in [3.8, 4) is 0 Å². The third kappa shape index (κ3) is 28.7. The third-order valence-electron chi connectivity index (χ3n) is 7.28. The number of esters is 2. The van der Waals surface area contributed by atoms with Crippen LogP contribution in [0.3, 0.4) is 0 Å². The normalized spacial score (nSPS) is 11.1. The van der Waals surface area contributed by atoms with E-state index in [1.54, 1.807) is 12.1 Å². The monoisotopic (exact) mass is 683 g/mol. The molecule has 0 saturated heterocycles. The van der Waals surface area contributed by atoms with Crippen LogP contribution in [0.1, 0.15) is 101 Å². The summed E-state index contributed by atoms with van der Waals surface area (Å²) >= 11 is 0. The Kier molecular flexibility index (Phi) is 31.5. The first kappa shape index (κ1) is 43.7. The highest BCUT2D eigenvalue weighted by Gasteiger charge is 2.07. The molecular weight excluding hydrogens is 618 g/mol. The lowest BCUT2D eigenvalue weighted by molar-refractivity contribution is -0.145. The molecule has 0 heterocycles. The van der Waals surface area contributed by atoms with Crippen molar-refractivity contribution in [2.45, 2.75) is 90.9 Å². The second-order valence-corrected chi connectivity index (χ2v) is 11.5. The molecule has 0 aliphatic carbocycles. The predicted octanol–water partition coefficient (Wildman–Crippen LogP) is 6.62. The molecular formula is C37H65NO10. The standard InChI is InChI=1S/C37H65NO10/c1-3-5-7-8-9-10-11-12-13-14-36(39)47-32-30-45-28-26-43-24-22-41-20-21-42-23-25-44-27-29-46-31-33-48-37(40)34-15-17-35(18-16-34)38-19-6-4-2/h15-18,38H,3-14,19-33H2,1-2H3. The van der Waals surface area contributed by atoms with Crippen molar-refractivity contribution in [1.82, 2.24) is 0 Å². The fourth-order valence-electron chi connectivity index (χ4n) is 4.48. The van der Waals surface area contributed by atoms with Gasteiger partial charge >= 0.3 is 11.9 Å². The summed E-state index contributed by atoms with van der Waals surface area (Å²) in [5.41, 5.74) is 1.51. The molecule has 0 radical (unpaired) electrons. The van der Waals surface area contributed by atoms with Gasteiger partial charge in [-0.15, -0.1) is 0 Å². The summed E-state index contributed by atoms with van der Waals surface area (Å²) in [6.07, 6.45) is 13.8. The van der Waals surface area contributed by atoms with Gasteiger partial charge in [-0.3, -0.25) is 4.79 Å². The van der Waals surface area contributed by atoms with Crippen LogP contribution in [0.2, 0.25) is 0 Å². The molecule has 0 aromatic heterocycles. The van der Waals surface area contributed by atoms with Crippen molar-refractivity contribution in [1.29, 1.82) is 0 Å². The summed E-state index contributed by atoms with van der Waals surface area (Å²) in [6.45, 7) is 11.1. The van der Waals surface area contributed by atoms with Crippen LogP contribution in [0.25, 0.3) is 0 Å². The number of nitrogens with one attached hydrogen (secondary N) is 1. The number of benzene rings is 1. The first-order valence-electron chi connectivity index (χ1n) is 18.3. The SMILES string of the molecule is CCCCCCCCCCCC(=O)OCCOCCOCCOCCOCCOCCOCCOC(=O)c1ccc(NCCCC)cc1. The van der Waals surface area contributed by atoms with Gasteiger partial charge in [-0.2, -0.15) is 0 Å². The molecule has 0 fully saturated rings. The summed E-state index contributed by atoms with van der Waals surface area (Å²) in [6, 6.07) is 7.29. The molecule has 0 amide bonds. The van der Waals surface area contributed by atoms with Gasteiger partial charge in [0.25, 0.3) is 0 Å². The van der Waals surface area contributed by atoms with Gasteiger partial charge in [0.2, 0.25) is 0 Å². The van der Waals surface area contributed by atoms with Crippen molar-refractivity contribution < 1.29 is 47.5 Å². The average Bonchev–Trinajstić information content (AvgIpc) is 3.10. The Hall–Kier alpha value is -2.28. The maximum atomic E-state index is 12.1. The maximum absolute atomic E-state index is 12.1. The van der Waals surface area contributed by atoms with E-state index in [-0.39, 0.29) is 25.2 Å². The first-order chi connectivity index (χ1) is 23.7. The van der Waals surface area contributed by atoms with Crippen molar-refractivity contribution in [3.05, 3.63) is 29.8 Å². The van der Waals surface area contributed by atoms with Crippen molar-refractivity contribution in [3.63, 3.8) is 0 Å². The number of anilines is 1. The van der Waals surface area contributed by atoms with E-state index in [0.29, 0.717) is 91.3 Å². The first-order valence-corrected chi connectivity index (χ1v) is 18.3. The van der Waals surface area contributed by atoms with E-state index in [0.717, 1.165) is 37.9 Å². The lowest BCUT2D eigenvalue weighted by Gasteiger charge is -2.09. The van der Waals surface area contributed by atoms with Gasteiger partial charge < -0.3 is 43.2 Å². The molecule has 48 heavy (non-hydrogen) atoms. The molecule has 0 aliphatic rings. The Bertz CT molecular complexity index is 855. The van der Waals surface area contributed by atoms with E-state index in [9.17, 15) is 9.59 Å². The van der Waals surface area contributed by atoms with Gasteiger partial charge in [0.15, 0.2) is 0 Å². The molecule has 278 valence electrons. The Balaban J connectivity index is 1.74. The highest BCUT2D eigenvalue weighted by molar-refractivity contribution is 5.89. The Labute approximate surface area is 290 Å². The molecule has 0 aliphatic heterocycles. The molecule has 11 nitrogen and oxygen atoms in total. The molecule has 0 saturated carbocycles. The number of hydrogen-bond acceptors (Lipinski definition) is 11. The number of carbonyl (C=O) groups excluding carboxylic acids is 2. The number of rotatable bonds is 36. The number of hydrogen-bond donors (Lipinski definition) is 1. The van der Waals surface area contributed by atoms with Crippen LogP contribution in [0.15, 0.2) is 24.3 Å². The Morgan fingerprint density at radius 1 is 0.479 bits per heavy atom. The van der Waals surface area contributed by atoms with Crippen molar-refractivity contribution >= 4 is 17.6 Å². The molecule has 0 spiro atoms. The zero-order valence-corrected chi connectivity index (χ0v) is 30.0. The van der Waals surface area contributed by atoms with E-state index in [1.165, 1.54) is 44.9 Å². The van der Waals surface area contributed by atoms with Gasteiger partial charge in [0.05, 0.1) is 84.8 Å². The summed E-state index contributed by atoms with van der Waals surface area (Å²) in [5.74, 6) is -0.501. The van der Waals surface area contributed by atoms with E-state index < -0.39 is 0 Å². The van der Waals surface area contributed by atoms with Crippen molar-refractivity contribution in [2.24, 2.45) is 0 Å². The van der Waals surface area contributed by atoms with Crippen LogP contribution in [-0.2, 0) is 42.7 Å². The minimum Gasteiger partial charge on any atom is -0.463 e. The smallest absolute Gasteiger partial charge is 0.338 e. The molecule has 11 heteroatoms. The van der Waals surface area contributed by atoms with Gasteiger partial charge in [0, 0.05) is 18.7 Å². The molecule has 1 N–H and O–H groups in total. The summed E-state index contributed by atoms with van der Waals surface area (Å²) in [7, 11) is 0. The molecule has 0 unspecified atom stereocenters. The minimum atomic E-state index is -0.361. The van der Waals surface area contributed by atoms with Crippen LogP contribution >= 0.6 is 0 Å². The lowest BCUT2D eigenvalue weighted by atomic mass is 10.1. The van der Waals surface area contributed by atoms with Gasteiger partial charge in [-0.25, -0.2) is 4.79 Å². The zero-order valence-electron chi connectivity index (χ0n) is 30.0. The van der Waals surface area contributed by atoms with Crippen LogP contribution < -0.4 is 5.32 Å². The number of unbranched alkanes of at least 4 members (excludes halogenated alkanes) is 9. The molecule has 0 atom stereocenters. The predicted molar refractivity (Wildman–Crippen MR) is 188 cm³/mol. The Morgan fingerprint density at radius 3 is 1.33 bits per heavy atom. The van der Waals surface area contributed by atoms with E-state index >= 15 is 0 Å². The number of ether oxygens (including phenoxy) is 8. The summed E-state index contributed by atoms with van der Waals surface area (Å²) in [5, 5.41) is 3.32. The van der Waals surface area contributed by atoms with Gasteiger partial charge in [-0.05, 0) is 37.1 Å². The van der Waals surface area contributed by atoms with E-state index in [4.69, 9.17) is 37.9 Å². The van der Waals surface area contributed by atoms with Crippen LogP contribution in [-0.4, -0.2) is 111 Å². The van der Waals surface area contributed by atoms with Crippen LogP contribution in [0, 0.1) is 0 Å². The fraction of sp³-hybridized carbons (Fsp3) is 0.784. The summed E-state index contributed by atoms with van der Waals surface area (Å²) in [4.78, 5) is 23.9. The fourth-order valence-corrected chi connectivity index (χ4v) is 4.48. The summed E-state index contributed by atoms with van der Waals surface area (Å²) < 4.78 is 43.3. The molecule has 1 rings (SSSR count). The second kappa shape index (κ2) is 34.6. The van der Waals surface area contributed by atoms with Crippen LogP contribution in [0.5, 0.6) is 0 Å². The minimum absolute atomic E-state index is 0.140. The third-order valence-corrected chi connectivity index (χ3v) is 7.28. The van der Waals surface area contributed by atoms with E-state index in [2.05, 4.69) is 19.2 Å².